The van der Waals surface area contributed by atoms with Gasteiger partial charge in [0.15, 0.2) is 5.96 Å². The van der Waals surface area contributed by atoms with Crippen LogP contribution < -0.4 is 14.8 Å². The molecular formula is C22H37IN4O3. The van der Waals surface area contributed by atoms with E-state index in [2.05, 4.69) is 17.2 Å². The lowest BCUT2D eigenvalue weighted by molar-refractivity contribution is -0.134. The fourth-order valence-electron chi connectivity index (χ4n) is 3.65. The van der Waals surface area contributed by atoms with E-state index >= 15 is 0 Å². The van der Waals surface area contributed by atoms with Crippen LogP contribution >= 0.6 is 24.0 Å². The highest BCUT2D eigenvalue weighted by Crippen LogP contribution is 2.25. The summed E-state index contributed by atoms with van der Waals surface area (Å²) in [6.07, 6.45) is 3.87. The van der Waals surface area contributed by atoms with Crippen LogP contribution in [-0.4, -0.2) is 68.6 Å². The molecule has 1 aromatic carbocycles. The summed E-state index contributed by atoms with van der Waals surface area (Å²) in [5.41, 5.74) is 1.04. The van der Waals surface area contributed by atoms with E-state index in [0.717, 1.165) is 49.0 Å². The summed E-state index contributed by atoms with van der Waals surface area (Å²) in [5.74, 6) is 2.53. The number of aliphatic imine (C=N–C) groups is 1. The number of piperidine rings is 1. The zero-order valence-corrected chi connectivity index (χ0v) is 21.3. The maximum atomic E-state index is 12.5. The van der Waals surface area contributed by atoms with Crippen molar-refractivity contribution < 1.29 is 14.3 Å². The Labute approximate surface area is 198 Å². The van der Waals surface area contributed by atoms with Crippen LogP contribution in [0.1, 0.15) is 45.1 Å². The molecule has 0 radical (unpaired) electrons. The normalized spacial score (nSPS) is 16.5. The fourth-order valence-corrected chi connectivity index (χ4v) is 3.65. The monoisotopic (exact) mass is 532 g/mol. The molecular weight excluding hydrogens is 495 g/mol. The number of hydrogen-bond donors (Lipinski definition) is 1. The lowest BCUT2D eigenvalue weighted by atomic mass is 10.0. The van der Waals surface area contributed by atoms with E-state index in [4.69, 9.17) is 9.47 Å². The molecule has 1 atom stereocenters. The molecule has 1 fully saturated rings. The molecule has 1 aliphatic heterocycles. The number of benzene rings is 1. The molecule has 8 heteroatoms. The molecule has 1 heterocycles. The molecule has 1 unspecified atom stereocenters. The quantitative estimate of drug-likeness (QED) is 0.316. The Morgan fingerprint density at radius 1 is 1.30 bits per heavy atom. The molecule has 0 bridgehead atoms. The zero-order valence-electron chi connectivity index (χ0n) is 18.9. The van der Waals surface area contributed by atoms with Crippen molar-refractivity contribution in [3.63, 3.8) is 0 Å². The molecule has 0 aromatic heterocycles. The van der Waals surface area contributed by atoms with Gasteiger partial charge in [0.25, 0.3) is 0 Å². The van der Waals surface area contributed by atoms with Crippen LogP contribution in [0.25, 0.3) is 0 Å². The first kappa shape index (κ1) is 26.3. The Kier molecular flexibility index (Phi) is 11.9. The third-order valence-corrected chi connectivity index (χ3v) is 5.31. The standard InChI is InChI=1S/C22H36N4O3.HI/c1-6-23-22(24-13-12-21(27)26-14-8-7-9-17(26)2)25(3)16-18-10-11-19(28-4)15-20(18)29-5;/h10-11,15,17H,6-9,12-14,16H2,1-5H3,(H,23,24);1H. The molecule has 2 rings (SSSR count). The Balaban J connectivity index is 0.00000450. The van der Waals surface area contributed by atoms with Gasteiger partial charge in [-0.1, -0.05) is 0 Å². The molecule has 30 heavy (non-hydrogen) atoms. The van der Waals surface area contributed by atoms with Gasteiger partial charge in [-0.3, -0.25) is 9.79 Å². The number of carbonyl (C=O) groups is 1. The fraction of sp³-hybridized carbons (Fsp3) is 0.636. The van der Waals surface area contributed by atoms with E-state index in [1.807, 2.05) is 42.0 Å². The van der Waals surface area contributed by atoms with Crippen molar-refractivity contribution in [2.24, 2.45) is 4.99 Å². The Hall–Kier alpha value is -1.71. The number of halogens is 1. The highest BCUT2D eigenvalue weighted by Gasteiger charge is 2.22. The van der Waals surface area contributed by atoms with Crippen molar-refractivity contribution >= 4 is 35.8 Å². The van der Waals surface area contributed by atoms with E-state index in [-0.39, 0.29) is 29.9 Å². The average Bonchev–Trinajstić information content (AvgIpc) is 2.73. The smallest absolute Gasteiger partial charge is 0.224 e. The van der Waals surface area contributed by atoms with E-state index in [1.165, 1.54) is 6.42 Å². The number of guanidine groups is 1. The molecule has 1 N–H and O–H groups in total. The van der Waals surface area contributed by atoms with Gasteiger partial charge in [-0.15, -0.1) is 24.0 Å². The largest absolute Gasteiger partial charge is 0.497 e. The number of hydrogen-bond acceptors (Lipinski definition) is 4. The number of ether oxygens (including phenoxy) is 2. The van der Waals surface area contributed by atoms with Crippen molar-refractivity contribution in [3.8, 4) is 11.5 Å². The molecule has 1 saturated heterocycles. The van der Waals surface area contributed by atoms with Crippen molar-refractivity contribution in [3.05, 3.63) is 23.8 Å². The van der Waals surface area contributed by atoms with Crippen LogP contribution in [0.2, 0.25) is 0 Å². The van der Waals surface area contributed by atoms with Crippen molar-refractivity contribution in [2.45, 2.75) is 52.1 Å². The zero-order chi connectivity index (χ0) is 21.2. The predicted octanol–water partition coefficient (Wildman–Crippen LogP) is 3.51. The minimum absolute atomic E-state index is 0. The Morgan fingerprint density at radius 2 is 2.07 bits per heavy atom. The average molecular weight is 532 g/mol. The van der Waals surface area contributed by atoms with Crippen molar-refractivity contribution in [1.29, 1.82) is 0 Å². The topological polar surface area (TPSA) is 66.4 Å². The third kappa shape index (κ3) is 7.52. The summed E-state index contributed by atoms with van der Waals surface area (Å²) in [7, 11) is 5.28. The van der Waals surface area contributed by atoms with E-state index < -0.39 is 0 Å². The first-order valence-corrected chi connectivity index (χ1v) is 10.5. The molecule has 7 nitrogen and oxygen atoms in total. The maximum Gasteiger partial charge on any atom is 0.224 e. The Bertz CT molecular complexity index is 699. The van der Waals surface area contributed by atoms with Gasteiger partial charge in [0.05, 0.1) is 20.8 Å². The van der Waals surface area contributed by atoms with Gasteiger partial charge in [0, 0.05) is 50.8 Å². The molecule has 0 aliphatic carbocycles. The second-order valence-corrected chi connectivity index (χ2v) is 7.45. The molecule has 1 aromatic rings. The van der Waals surface area contributed by atoms with Gasteiger partial charge in [-0.25, -0.2) is 0 Å². The third-order valence-electron chi connectivity index (χ3n) is 5.31. The van der Waals surface area contributed by atoms with Gasteiger partial charge in [-0.2, -0.15) is 0 Å². The number of methoxy groups -OCH3 is 2. The second kappa shape index (κ2) is 13.6. The predicted molar refractivity (Wildman–Crippen MR) is 132 cm³/mol. The van der Waals surface area contributed by atoms with Crippen molar-refractivity contribution in [2.75, 3.05) is 40.9 Å². The number of carbonyl (C=O) groups excluding carboxylic acids is 1. The van der Waals surface area contributed by atoms with Crippen molar-refractivity contribution in [1.82, 2.24) is 15.1 Å². The highest BCUT2D eigenvalue weighted by atomic mass is 127. The second-order valence-electron chi connectivity index (χ2n) is 7.45. The van der Waals surface area contributed by atoms with Crippen LogP contribution in [-0.2, 0) is 11.3 Å². The number of likely N-dealkylation sites (tertiary alicyclic amines) is 1. The van der Waals surface area contributed by atoms with Crippen LogP contribution in [0.4, 0.5) is 0 Å². The first-order valence-electron chi connectivity index (χ1n) is 10.5. The van der Waals surface area contributed by atoms with Gasteiger partial charge in [-0.05, 0) is 45.2 Å². The van der Waals surface area contributed by atoms with Crippen LogP contribution in [0.5, 0.6) is 11.5 Å². The summed E-state index contributed by atoms with van der Waals surface area (Å²) >= 11 is 0. The summed E-state index contributed by atoms with van der Waals surface area (Å²) in [5, 5.41) is 3.31. The van der Waals surface area contributed by atoms with Gasteiger partial charge in [0.2, 0.25) is 5.91 Å². The lowest BCUT2D eigenvalue weighted by Crippen LogP contribution is -2.42. The molecule has 170 valence electrons. The van der Waals surface area contributed by atoms with E-state index in [1.54, 1.807) is 14.2 Å². The lowest BCUT2D eigenvalue weighted by Gasteiger charge is -2.33. The summed E-state index contributed by atoms with van der Waals surface area (Å²) in [6.45, 7) is 6.93. The van der Waals surface area contributed by atoms with Crippen LogP contribution in [0.15, 0.2) is 23.2 Å². The molecule has 0 saturated carbocycles. The number of nitrogens with zero attached hydrogens (tertiary/aromatic N) is 3. The molecule has 0 spiro atoms. The minimum atomic E-state index is 0. The first-order chi connectivity index (χ1) is 14.0. The Morgan fingerprint density at radius 3 is 2.70 bits per heavy atom. The molecule has 1 amide bonds. The number of nitrogens with one attached hydrogen (secondary N) is 1. The van der Waals surface area contributed by atoms with Crippen LogP contribution in [0, 0.1) is 0 Å². The van der Waals surface area contributed by atoms with Gasteiger partial charge < -0.3 is 24.6 Å². The minimum Gasteiger partial charge on any atom is -0.497 e. The number of amides is 1. The van der Waals surface area contributed by atoms with E-state index in [9.17, 15) is 4.79 Å². The van der Waals surface area contributed by atoms with Crippen LogP contribution in [0.3, 0.4) is 0 Å². The van der Waals surface area contributed by atoms with Gasteiger partial charge >= 0.3 is 0 Å². The van der Waals surface area contributed by atoms with Gasteiger partial charge in [0.1, 0.15) is 11.5 Å². The SMILES string of the molecule is CCNC(=NCCC(=O)N1CCCCC1C)N(C)Cc1ccc(OC)cc1OC.I. The summed E-state index contributed by atoms with van der Waals surface area (Å²) in [4.78, 5) is 21.3. The summed E-state index contributed by atoms with van der Waals surface area (Å²) < 4.78 is 10.8. The number of rotatable bonds is 8. The van der Waals surface area contributed by atoms with E-state index in [0.29, 0.717) is 25.6 Å². The maximum absolute atomic E-state index is 12.5. The summed E-state index contributed by atoms with van der Waals surface area (Å²) in [6, 6.07) is 6.15. The molecule has 1 aliphatic rings. The highest BCUT2D eigenvalue weighted by molar-refractivity contribution is 14.0.